The van der Waals surface area contributed by atoms with E-state index in [9.17, 15) is 19.3 Å². The molecule has 0 spiro atoms. The van der Waals surface area contributed by atoms with E-state index >= 15 is 0 Å². The van der Waals surface area contributed by atoms with Crippen molar-refractivity contribution in [3.63, 3.8) is 0 Å². The van der Waals surface area contributed by atoms with Crippen LogP contribution in [0.1, 0.15) is 13.0 Å². The maximum Gasteiger partial charge on any atom is 0.434 e. The number of rotatable bonds is 5. The number of aromatic nitrogens is 2. The summed E-state index contributed by atoms with van der Waals surface area (Å²) in [5.41, 5.74) is 0. The van der Waals surface area contributed by atoms with Crippen LogP contribution < -0.4 is 5.32 Å². The third-order valence-corrected chi connectivity index (χ3v) is 1.97. The predicted octanol–water partition coefficient (Wildman–Crippen LogP) is 0.438. The van der Waals surface area contributed by atoms with Gasteiger partial charge in [0, 0.05) is 6.92 Å². The molecule has 88 valence electrons. The van der Waals surface area contributed by atoms with Gasteiger partial charge in [-0.05, 0) is 4.92 Å². The monoisotopic (exact) mass is 230 g/mol. The van der Waals surface area contributed by atoms with Crippen LogP contribution in [0.25, 0.3) is 0 Å². The van der Waals surface area contributed by atoms with Crippen molar-refractivity contribution in [3.05, 3.63) is 22.5 Å². The Morgan fingerprint density at radius 3 is 3.00 bits per heavy atom. The van der Waals surface area contributed by atoms with Crippen molar-refractivity contribution in [2.45, 2.75) is 13.0 Å². The Kier molecular flexibility index (Phi) is 3.92. The summed E-state index contributed by atoms with van der Waals surface area (Å²) in [6.07, 6.45) is 2.53. The molecule has 8 heteroatoms. The number of hydrogen-bond donors (Lipinski definition) is 1. The second kappa shape index (κ2) is 5.19. The fourth-order valence-corrected chi connectivity index (χ4v) is 1.22. The quantitative estimate of drug-likeness (QED) is 0.587. The molecule has 0 aliphatic heterocycles. The number of imidazole rings is 1. The van der Waals surface area contributed by atoms with Gasteiger partial charge in [-0.3, -0.25) is 4.79 Å². The SMILES string of the molecule is CC(=O)NCC(CF)n1ccnc1[N+](=O)[O-]. The summed E-state index contributed by atoms with van der Waals surface area (Å²) in [5, 5.41) is 13.0. The number of alkyl halides is 1. The molecule has 1 aromatic rings. The van der Waals surface area contributed by atoms with Crippen molar-refractivity contribution < 1.29 is 14.1 Å². The Balaban J connectivity index is 2.82. The molecule has 7 nitrogen and oxygen atoms in total. The molecule has 0 bridgehead atoms. The van der Waals surface area contributed by atoms with E-state index in [0.29, 0.717) is 0 Å². The highest BCUT2D eigenvalue weighted by atomic mass is 19.1. The van der Waals surface area contributed by atoms with Crippen LogP contribution in [0.2, 0.25) is 0 Å². The van der Waals surface area contributed by atoms with Gasteiger partial charge in [0.25, 0.3) is 0 Å². The first-order valence-electron chi connectivity index (χ1n) is 4.54. The summed E-state index contributed by atoms with van der Waals surface area (Å²) in [7, 11) is 0. The van der Waals surface area contributed by atoms with E-state index in [1.807, 2.05) is 0 Å². The second-order valence-corrected chi connectivity index (χ2v) is 3.14. The lowest BCUT2D eigenvalue weighted by Gasteiger charge is -2.12. The molecule has 1 atom stereocenters. The van der Waals surface area contributed by atoms with Crippen LogP contribution in [-0.2, 0) is 4.79 Å². The largest absolute Gasteiger partial charge is 0.434 e. The summed E-state index contributed by atoms with van der Waals surface area (Å²) >= 11 is 0. The minimum absolute atomic E-state index is 0.0109. The van der Waals surface area contributed by atoms with Crippen molar-refractivity contribution in [3.8, 4) is 0 Å². The molecule has 1 amide bonds. The van der Waals surface area contributed by atoms with Gasteiger partial charge in [0.2, 0.25) is 5.91 Å². The highest BCUT2D eigenvalue weighted by molar-refractivity contribution is 5.72. The van der Waals surface area contributed by atoms with Crippen molar-refractivity contribution in [2.24, 2.45) is 0 Å². The van der Waals surface area contributed by atoms with Gasteiger partial charge in [0.05, 0.1) is 6.54 Å². The third-order valence-electron chi connectivity index (χ3n) is 1.97. The van der Waals surface area contributed by atoms with Gasteiger partial charge in [-0.25, -0.2) is 8.96 Å². The predicted molar refractivity (Wildman–Crippen MR) is 52.6 cm³/mol. The minimum atomic E-state index is -0.822. The van der Waals surface area contributed by atoms with Crippen LogP contribution in [0.15, 0.2) is 12.4 Å². The Labute approximate surface area is 90.4 Å². The molecule has 1 aromatic heterocycles. The number of nitrogens with zero attached hydrogens (tertiary/aromatic N) is 3. The Hall–Kier alpha value is -1.99. The standard InChI is InChI=1S/C8H11FN4O3/c1-6(14)11-5-7(4-9)12-3-2-10-8(12)13(15)16/h2-3,7H,4-5H2,1H3,(H,11,14). The lowest BCUT2D eigenvalue weighted by atomic mass is 10.3. The van der Waals surface area contributed by atoms with Crippen LogP contribution in [0.4, 0.5) is 10.3 Å². The van der Waals surface area contributed by atoms with Crippen LogP contribution in [0.3, 0.4) is 0 Å². The smallest absolute Gasteiger partial charge is 0.390 e. The summed E-state index contributed by atoms with van der Waals surface area (Å²) < 4.78 is 13.8. The summed E-state index contributed by atoms with van der Waals surface area (Å²) in [6.45, 7) is 0.456. The van der Waals surface area contributed by atoms with Gasteiger partial charge in [0.15, 0.2) is 0 Å². The van der Waals surface area contributed by atoms with Crippen LogP contribution in [0.5, 0.6) is 0 Å². The molecular weight excluding hydrogens is 219 g/mol. The molecule has 0 aromatic carbocycles. The average molecular weight is 230 g/mol. The van der Waals surface area contributed by atoms with Crippen LogP contribution in [-0.4, -0.2) is 33.6 Å². The Morgan fingerprint density at radius 2 is 2.50 bits per heavy atom. The van der Waals surface area contributed by atoms with Gasteiger partial charge in [-0.2, -0.15) is 0 Å². The van der Waals surface area contributed by atoms with Crippen molar-refractivity contribution >= 4 is 11.9 Å². The number of hydrogen-bond acceptors (Lipinski definition) is 4. The second-order valence-electron chi connectivity index (χ2n) is 3.14. The topological polar surface area (TPSA) is 90.1 Å². The number of nitrogens with one attached hydrogen (secondary N) is 1. The van der Waals surface area contributed by atoms with E-state index in [4.69, 9.17) is 0 Å². The molecule has 1 unspecified atom stereocenters. The first-order chi connectivity index (χ1) is 7.56. The van der Waals surface area contributed by atoms with E-state index in [-0.39, 0.29) is 12.5 Å². The summed E-state index contributed by atoms with van der Waals surface area (Å²) in [5.74, 6) is -0.755. The van der Waals surface area contributed by atoms with Crippen molar-refractivity contribution in [1.82, 2.24) is 14.9 Å². The summed E-state index contributed by atoms with van der Waals surface area (Å²) in [4.78, 5) is 24.0. The molecule has 16 heavy (non-hydrogen) atoms. The van der Waals surface area contributed by atoms with E-state index in [1.165, 1.54) is 19.3 Å². The lowest BCUT2D eigenvalue weighted by Crippen LogP contribution is -2.30. The van der Waals surface area contributed by atoms with Gasteiger partial charge in [-0.1, -0.05) is 4.98 Å². The zero-order valence-corrected chi connectivity index (χ0v) is 8.59. The van der Waals surface area contributed by atoms with E-state index in [1.54, 1.807) is 0 Å². The minimum Gasteiger partial charge on any atom is -0.390 e. The fourth-order valence-electron chi connectivity index (χ4n) is 1.22. The molecule has 1 N–H and O–H groups in total. The van der Waals surface area contributed by atoms with Crippen molar-refractivity contribution in [1.29, 1.82) is 0 Å². The number of amides is 1. The highest BCUT2D eigenvalue weighted by Gasteiger charge is 2.23. The van der Waals surface area contributed by atoms with Gasteiger partial charge < -0.3 is 15.4 Å². The van der Waals surface area contributed by atoms with Crippen molar-refractivity contribution in [2.75, 3.05) is 13.2 Å². The van der Waals surface area contributed by atoms with E-state index in [2.05, 4.69) is 10.3 Å². The molecule has 0 fully saturated rings. The van der Waals surface area contributed by atoms with Crippen LogP contribution >= 0.6 is 0 Å². The average Bonchev–Trinajstić information content (AvgIpc) is 2.67. The molecule has 1 heterocycles. The summed E-state index contributed by atoms with van der Waals surface area (Å²) in [6, 6.07) is -0.813. The molecule has 1 rings (SSSR count). The Morgan fingerprint density at radius 1 is 1.81 bits per heavy atom. The lowest BCUT2D eigenvalue weighted by molar-refractivity contribution is -0.397. The van der Waals surface area contributed by atoms with Gasteiger partial charge in [0.1, 0.15) is 25.1 Å². The number of halogens is 1. The van der Waals surface area contributed by atoms with Gasteiger partial charge in [-0.15, -0.1) is 0 Å². The maximum atomic E-state index is 12.7. The molecule has 0 aliphatic carbocycles. The number of carbonyl (C=O) groups is 1. The normalized spacial score (nSPS) is 12.1. The maximum absolute atomic E-state index is 12.7. The van der Waals surface area contributed by atoms with Crippen LogP contribution in [0, 0.1) is 10.1 Å². The molecule has 0 radical (unpaired) electrons. The highest BCUT2D eigenvalue weighted by Crippen LogP contribution is 2.15. The first kappa shape index (κ1) is 12.1. The van der Waals surface area contributed by atoms with E-state index < -0.39 is 23.6 Å². The zero-order valence-electron chi connectivity index (χ0n) is 8.59. The Bertz CT molecular complexity index is 392. The number of nitro groups is 1. The first-order valence-corrected chi connectivity index (χ1v) is 4.54. The third kappa shape index (κ3) is 2.75. The molecular formula is C8H11FN4O3. The van der Waals surface area contributed by atoms with E-state index in [0.717, 1.165) is 4.57 Å². The zero-order chi connectivity index (χ0) is 12.1. The molecule has 0 saturated carbocycles. The molecule has 0 saturated heterocycles. The number of carbonyl (C=O) groups excluding carboxylic acids is 1. The fraction of sp³-hybridized carbons (Fsp3) is 0.500. The molecule has 0 aliphatic rings. The van der Waals surface area contributed by atoms with Gasteiger partial charge >= 0.3 is 5.95 Å².